The molecule has 2 aromatic rings. The van der Waals surface area contributed by atoms with Crippen LogP contribution in [0.15, 0.2) is 42.5 Å². The molecule has 0 saturated carbocycles. The number of hydrogen-bond acceptors (Lipinski definition) is 6. The zero-order valence-electron chi connectivity index (χ0n) is 19.4. The molecule has 1 atom stereocenters. The Kier molecular flexibility index (Phi) is 8.03. The molecule has 0 amide bonds. The van der Waals surface area contributed by atoms with E-state index in [1.165, 1.54) is 11.1 Å². The van der Waals surface area contributed by atoms with E-state index in [4.69, 9.17) is 9.47 Å². The van der Waals surface area contributed by atoms with Crippen LogP contribution in [0.3, 0.4) is 0 Å². The van der Waals surface area contributed by atoms with Gasteiger partial charge in [0.15, 0.2) is 11.5 Å². The average Bonchev–Trinajstić information content (AvgIpc) is 3.12. The van der Waals surface area contributed by atoms with Crippen molar-refractivity contribution in [1.29, 1.82) is 0 Å². The lowest BCUT2D eigenvalue weighted by Crippen LogP contribution is -2.37. The molecule has 4 rings (SSSR count). The number of likely N-dealkylation sites (N-methyl/N-ethyl adjacent to an activating group) is 1. The van der Waals surface area contributed by atoms with Crippen molar-refractivity contribution < 1.29 is 14.6 Å². The van der Waals surface area contributed by atoms with Crippen LogP contribution in [-0.4, -0.2) is 80.5 Å². The first-order valence-corrected chi connectivity index (χ1v) is 11.8. The van der Waals surface area contributed by atoms with Crippen molar-refractivity contribution in [3.8, 4) is 11.5 Å². The van der Waals surface area contributed by atoms with Gasteiger partial charge < -0.3 is 24.8 Å². The number of aliphatic hydroxyl groups excluding tert-OH is 1. The van der Waals surface area contributed by atoms with Crippen molar-refractivity contribution in [3.05, 3.63) is 59.2 Å². The molecule has 0 radical (unpaired) electrons. The third-order valence-electron chi connectivity index (χ3n) is 6.59. The quantitative estimate of drug-likeness (QED) is 0.626. The van der Waals surface area contributed by atoms with Crippen molar-refractivity contribution in [2.45, 2.75) is 38.0 Å². The molecular formula is C26H37N3O3. The van der Waals surface area contributed by atoms with E-state index in [1.807, 2.05) is 12.1 Å². The lowest BCUT2D eigenvalue weighted by atomic mass is 10.1. The lowest BCUT2D eigenvalue weighted by molar-refractivity contribution is 0.0685. The highest BCUT2D eigenvalue weighted by molar-refractivity contribution is 5.43. The Balaban J connectivity index is 1.28. The van der Waals surface area contributed by atoms with Gasteiger partial charge >= 0.3 is 0 Å². The molecule has 1 aliphatic heterocycles. The standard InChI is InChI=1S/C26H37N3O3/c1-28-10-5-11-29(13-12-28)18-24(30)19-32-26-14-20(8-9-25(26)31-2)17-27-23-15-21-6-3-4-7-22(21)16-23/h3-4,6-9,14,23-24,27,30H,5,10-13,15-19H2,1-2H3. The molecule has 1 fully saturated rings. The fraction of sp³-hybridized carbons (Fsp3) is 0.538. The summed E-state index contributed by atoms with van der Waals surface area (Å²) in [4.78, 5) is 4.67. The Morgan fingerprint density at radius 3 is 2.56 bits per heavy atom. The fourth-order valence-corrected chi connectivity index (χ4v) is 4.73. The number of rotatable bonds is 9. The molecule has 174 valence electrons. The highest BCUT2D eigenvalue weighted by atomic mass is 16.5. The number of nitrogens with one attached hydrogen (secondary N) is 1. The summed E-state index contributed by atoms with van der Waals surface area (Å²) in [5, 5.41) is 14.2. The lowest BCUT2D eigenvalue weighted by Gasteiger charge is -2.23. The molecular weight excluding hydrogens is 402 g/mol. The van der Waals surface area contributed by atoms with Crippen LogP contribution in [0, 0.1) is 0 Å². The van der Waals surface area contributed by atoms with Gasteiger partial charge in [-0.1, -0.05) is 30.3 Å². The van der Waals surface area contributed by atoms with E-state index in [9.17, 15) is 5.11 Å². The highest BCUT2D eigenvalue weighted by Gasteiger charge is 2.21. The number of nitrogens with zero attached hydrogens (tertiary/aromatic N) is 2. The van der Waals surface area contributed by atoms with Crippen molar-refractivity contribution in [2.75, 3.05) is 53.5 Å². The number of methoxy groups -OCH3 is 1. The van der Waals surface area contributed by atoms with Gasteiger partial charge in [-0.2, -0.15) is 0 Å². The summed E-state index contributed by atoms with van der Waals surface area (Å²) in [5.41, 5.74) is 4.06. The van der Waals surface area contributed by atoms with E-state index in [-0.39, 0.29) is 6.61 Å². The molecule has 32 heavy (non-hydrogen) atoms. The maximum absolute atomic E-state index is 10.6. The number of β-amino-alcohol motifs (C(OH)–C–C–N with tert-alkyl or cyclic N) is 1. The van der Waals surface area contributed by atoms with Crippen molar-refractivity contribution in [1.82, 2.24) is 15.1 Å². The van der Waals surface area contributed by atoms with Gasteiger partial charge in [0.25, 0.3) is 0 Å². The van der Waals surface area contributed by atoms with Gasteiger partial charge in [-0.3, -0.25) is 4.90 Å². The molecule has 0 bridgehead atoms. The second-order valence-electron chi connectivity index (χ2n) is 9.16. The number of hydrogen-bond donors (Lipinski definition) is 2. The van der Waals surface area contributed by atoms with Crippen LogP contribution in [0.25, 0.3) is 0 Å². The maximum atomic E-state index is 10.6. The van der Waals surface area contributed by atoms with Crippen molar-refractivity contribution >= 4 is 0 Å². The first-order valence-electron chi connectivity index (χ1n) is 11.8. The van der Waals surface area contributed by atoms with E-state index >= 15 is 0 Å². The topological polar surface area (TPSA) is 57.2 Å². The van der Waals surface area contributed by atoms with Gasteiger partial charge in [-0.25, -0.2) is 0 Å². The molecule has 1 saturated heterocycles. The summed E-state index contributed by atoms with van der Waals surface area (Å²) in [6.07, 6.45) is 2.77. The molecule has 1 unspecified atom stereocenters. The molecule has 0 spiro atoms. The van der Waals surface area contributed by atoms with E-state index in [1.54, 1.807) is 7.11 Å². The van der Waals surface area contributed by atoms with Gasteiger partial charge in [-0.05, 0) is 68.2 Å². The van der Waals surface area contributed by atoms with E-state index in [0.717, 1.165) is 57.5 Å². The molecule has 2 aliphatic rings. The third kappa shape index (κ3) is 6.23. The van der Waals surface area contributed by atoms with E-state index in [0.29, 0.717) is 24.1 Å². The fourth-order valence-electron chi connectivity index (χ4n) is 4.73. The van der Waals surface area contributed by atoms with Crippen LogP contribution >= 0.6 is 0 Å². The van der Waals surface area contributed by atoms with Crippen molar-refractivity contribution in [3.63, 3.8) is 0 Å². The summed E-state index contributed by atoms with van der Waals surface area (Å²) in [5.74, 6) is 1.39. The molecule has 1 aliphatic carbocycles. The molecule has 6 heteroatoms. The largest absolute Gasteiger partial charge is 0.493 e. The number of benzene rings is 2. The SMILES string of the molecule is COc1ccc(CNC2Cc3ccccc3C2)cc1OCC(O)CN1CCCN(C)CC1. The molecule has 6 nitrogen and oxygen atoms in total. The minimum Gasteiger partial charge on any atom is -0.493 e. The number of ether oxygens (including phenoxy) is 2. The van der Waals surface area contributed by atoms with Gasteiger partial charge in [0.2, 0.25) is 0 Å². The molecule has 0 aromatic heterocycles. The zero-order chi connectivity index (χ0) is 22.3. The van der Waals surface area contributed by atoms with Crippen molar-refractivity contribution in [2.24, 2.45) is 0 Å². The second-order valence-corrected chi connectivity index (χ2v) is 9.16. The molecule has 2 N–H and O–H groups in total. The van der Waals surface area contributed by atoms with Gasteiger partial charge in [0.1, 0.15) is 12.7 Å². The van der Waals surface area contributed by atoms with Gasteiger partial charge in [0.05, 0.1) is 7.11 Å². The summed E-state index contributed by atoms with van der Waals surface area (Å²) >= 11 is 0. The summed E-state index contributed by atoms with van der Waals surface area (Å²) in [6.45, 7) is 5.86. The normalized spacial score (nSPS) is 18.8. The molecule has 2 aromatic carbocycles. The number of aliphatic hydroxyl groups is 1. The third-order valence-corrected chi connectivity index (χ3v) is 6.59. The van der Waals surface area contributed by atoms with Crippen LogP contribution in [0.1, 0.15) is 23.1 Å². The Morgan fingerprint density at radius 1 is 1.03 bits per heavy atom. The second kappa shape index (κ2) is 11.1. The van der Waals surface area contributed by atoms with Gasteiger partial charge in [0, 0.05) is 32.2 Å². The van der Waals surface area contributed by atoms with Crippen LogP contribution in [0.4, 0.5) is 0 Å². The Labute approximate surface area is 192 Å². The van der Waals surface area contributed by atoms with Crippen LogP contribution < -0.4 is 14.8 Å². The number of fused-ring (bicyclic) bond motifs is 1. The minimum atomic E-state index is -0.526. The van der Waals surface area contributed by atoms with E-state index < -0.39 is 6.10 Å². The highest BCUT2D eigenvalue weighted by Crippen LogP contribution is 2.29. The van der Waals surface area contributed by atoms with Crippen LogP contribution in [0.5, 0.6) is 11.5 Å². The van der Waals surface area contributed by atoms with Gasteiger partial charge in [-0.15, -0.1) is 0 Å². The Hall–Kier alpha value is -2.12. The summed E-state index contributed by atoms with van der Waals surface area (Å²) in [6, 6.07) is 15.2. The van der Waals surface area contributed by atoms with E-state index in [2.05, 4.69) is 52.5 Å². The molecule has 1 heterocycles. The predicted octanol–water partition coefficient (Wildman–Crippen LogP) is 2.33. The van der Waals surface area contributed by atoms with Crippen LogP contribution in [-0.2, 0) is 19.4 Å². The monoisotopic (exact) mass is 439 g/mol. The van der Waals surface area contributed by atoms with Crippen LogP contribution in [0.2, 0.25) is 0 Å². The zero-order valence-corrected chi connectivity index (χ0v) is 19.4. The predicted molar refractivity (Wildman–Crippen MR) is 128 cm³/mol. The summed E-state index contributed by atoms with van der Waals surface area (Å²) < 4.78 is 11.5. The minimum absolute atomic E-state index is 0.261. The first kappa shape index (κ1) is 23.1. The smallest absolute Gasteiger partial charge is 0.161 e. The first-order chi connectivity index (χ1) is 15.6. The maximum Gasteiger partial charge on any atom is 0.161 e. The summed E-state index contributed by atoms with van der Waals surface area (Å²) in [7, 11) is 3.81. The Morgan fingerprint density at radius 2 is 1.81 bits per heavy atom. The Bertz CT molecular complexity index is 850. The average molecular weight is 440 g/mol.